The van der Waals surface area contributed by atoms with E-state index in [2.05, 4.69) is 0 Å². The first kappa shape index (κ1) is 12.6. The zero-order chi connectivity index (χ0) is 13.0. The Morgan fingerprint density at radius 1 is 1.47 bits per heavy atom. The maximum Gasteiger partial charge on any atom is 0.322 e. The van der Waals surface area contributed by atoms with Gasteiger partial charge in [0.2, 0.25) is 0 Å². The molecule has 0 aliphatic rings. The molecule has 0 fully saturated rings. The molecule has 0 aliphatic carbocycles. The number of carboxylic acid groups (broad SMARTS) is 1. The summed E-state index contributed by atoms with van der Waals surface area (Å²) >= 11 is 0. The van der Waals surface area contributed by atoms with Gasteiger partial charge in [0.25, 0.3) is 11.6 Å². The fourth-order valence-electron chi connectivity index (χ4n) is 1.10. The highest BCUT2D eigenvalue weighted by Crippen LogP contribution is 2.19. The molecular formula is C9H7FN2O5. The largest absolute Gasteiger partial charge is 0.480 e. The Kier molecular flexibility index (Phi) is 3.70. The van der Waals surface area contributed by atoms with Gasteiger partial charge in [-0.1, -0.05) is 0 Å². The van der Waals surface area contributed by atoms with E-state index in [0.717, 1.165) is 12.1 Å². The molecule has 1 rings (SSSR count). The molecule has 0 aliphatic heterocycles. The Morgan fingerprint density at radius 3 is 2.65 bits per heavy atom. The predicted octanol–water partition coefficient (Wildman–Crippen LogP) is 0.548. The molecule has 17 heavy (non-hydrogen) atoms. The van der Waals surface area contributed by atoms with Gasteiger partial charge in [-0.2, -0.15) is 0 Å². The minimum absolute atomic E-state index is 0.517. The Balaban J connectivity index is 3.02. The average molecular weight is 242 g/mol. The number of carbonyl (C=O) groups excluding carboxylic acids is 1. The molecule has 1 aromatic carbocycles. The molecule has 0 saturated heterocycles. The van der Waals surface area contributed by atoms with Gasteiger partial charge in [0, 0.05) is 6.07 Å². The maximum absolute atomic E-state index is 12.9. The molecule has 0 atom stereocenters. The summed E-state index contributed by atoms with van der Waals surface area (Å²) in [5, 5.41) is 20.8. The van der Waals surface area contributed by atoms with Crippen LogP contribution in [0.5, 0.6) is 0 Å². The molecule has 7 nitrogen and oxygen atoms in total. The average Bonchev–Trinajstić information content (AvgIpc) is 2.25. The lowest BCUT2D eigenvalue weighted by molar-refractivity contribution is -0.385. The number of aliphatic carboxylic acids is 1. The number of rotatable bonds is 4. The normalized spacial score (nSPS) is 9.71. The van der Waals surface area contributed by atoms with E-state index in [1.165, 1.54) is 0 Å². The number of carbonyl (C=O) groups is 2. The molecule has 0 aromatic heterocycles. The van der Waals surface area contributed by atoms with Crippen molar-refractivity contribution in [3.63, 3.8) is 0 Å². The van der Waals surface area contributed by atoms with Crippen LogP contribution in [0.2, 0.25) is 0 Å². The molecule has 0 saturated carbocycles. The lowest BCUT2D eigenvalue weighted by Gasteiger charge is -2.03. The van der Waals surface area contributed by atoms with Crippen molar-refractivity contribution in [1.29, 1.82) is 0 Å². The van der Waals surface area contributed by atoms with Crippen molar-refractivity contribution in [2.75, 3.05) is 6.54 Å². The van der Waals surface area contributed by atoms with E-state index >= 15 is 0 Å². The maximum atomic E-state index is 12.9. The van der Waals surface area contributed by atoms with E-state index in [4.69, 9.17) is 5.11 Å². The zero-order valence-corrected chi connectivity index (χ0v) is 8.34. The van der Waals surface area contributed by atoms with Crippen molar-refractivity contribution in [3.05, 3.63) is 39.7 Å². The van der Waals surface area contributed by atoms with E-state index < -0.39 is 40.4 Å². The number of carboxylic acids is 1. The summed E-state index contributed by atoms with van der Waals surface area (Å²) in [4.78, 5) is 31.3. The fourth-order valence-corrected chi connectivity index (χ4v) is 1.10. The monoisotopic (exact) mass is 242 g/mol. The van der Waals surface area contributed by atoms with Crippen molar-refractivity contribution >= 4 is 17.6 Å². The van der Waals surface area contributed by atoms with Crippen LogP contribution in [-0.4, -0.2) is 28.5 Å². The van der Waals surface area contributed by atoms with E-state index in [9.17, 15) is 24.1 Å². The van der Waals surface area contributed by atoms with E-state index in [1.54, 1.807) is 0 Å². The number of halogens is 1. The number of nitro benzene ring substituents is 1. The van der Waals surface area contributed by atoms with Crippen molar-refractivity contribution in [2.45, 2.75) is 0 Å². The van der Waals surface area contributed by atoms with Crippen molar-refractivity contribution in [1.82, 2.24) is 5.32 Å². The van der Waals surface area contributed by atoms with Gasteiger partial charge < -0.3 is 10.4 Å². The predicted molar refractivity (Wildman–Crippen MR) is 53.0 cm³/mol. The van der Waals surface area contributed by atoms with Crippen LogP contribution >= 0.6 is 0 Å². The third-order valence-electron chi connectivity index (χ3n) is 1.80. The number of nitrogens with one attached hydrogen (secondary N) is 1. The highest BCUT2D eigenvalue weighted by atomic mass is 19.1. The lowest BCUT2D eigenvalue weighted by atomic mass is 10.1. The topological polar surface area (TPSA) is 110 Å². The van der Waals surface area contributed by atoms with Gasteiger partial charge in [0.05, 0.1) is 4.92 Å². The second-order valence-electron chi connectivity index (χ2n) is 2.99. The molecule has 2 N–H and O–H groups in total. The van der Waals surface area contributed by atoms with E-state index in [1.807, 2.05) is 5.32 Å². The van der Waals surface area contributed by atoms with Crippen LogP contribution in [0.25, 0.3) is 0 Å². The fraction of sp³-hybridized carbons (Fsp3) is 0.111. The SMILES string of the molecule is O=C(O)CNC(=O)c1cc(F)ccc1[N+](=O)[O-]. The van der Waals surface area contributed by atoms with Gasteiger partial charge in [0.1, 0.15) is 17.9 Å². The van der Waals surface area contributed by atoms with Crippen molar-refractivity contribution in [3.8, 4) is 0 Å². The Labute approximate surface area is 94.0 Å². The smallest absolute Gasteiger partial charge is 0.322 e. The van der Waals surface area contributed by atoms with Crippen LogP contribution < -0.4 is 5.32 Å². The minimum atomic E-state index is -1.31. The van der Waals surface area contributed by atoms with Gasteiger partial charge in [-0.05, 0) is 12.1 Å². The highest BCUT2D eigenvalue weighted by Gasteiger charge is 2.20. The van der Waals surface area contributed by atoms with Gasteiger partial charge >= 0.3 is 5.97 Å². The van der Waals surface area contributed by atoms with Crippen LogP contribution in [0.3, 0.4) is 0 Å². The summed E-state index contributed by atoms with van der Waals surface area (Å²) < 4.78 is 12.9. The second kappa shape index (κ2) is 5.01. The van der Waals surface area contributed by atoms with Gasteiger partial charge in [-0.15, -0.1) is 0 Å². The van der Waals surface area contributed by atoms with Crippen LogP contribution in [0.15, 0.2) is 18.2 Å². The Morgan fingerprint density at radius 2 is 2.12 bits per heavy atom. The van der Waals surface area contributed by atoms with Crippen molar-refractivity contribution in [2.24, 2.45) is 0 Å². The summed E-state index contributed by atoms with van der Waals surface area (Å²) in [6.45, 7) is -0.702. The molecule has 8 heteroatoms. The molecule has 90 valence electrons. The third-order valence-corrected chi connectivity index (χ3v) is 1.80. The number of hydrogen-bond acceptors (Lipinski definition) is 4. The summed E-state index contributed by atoms with van der Waals surface area (Å²) in [6, 6.07) is 2.35. The van der Waals surface area contributed by atoms with Gasteiger partial charge in [-0.3, -0.25) is 19.7 Å². The first-order chi connectivity index (χ1) is 7.91. The summed E-state index contributed by atoms with van der Waals surface area (Å²) in [6.07, 6.45) is 0. The molecule has 0 unspecified atom stereocenters. The summed E-state index contributed by atoms with van der Waals surface area (Å²) in [7, 11) is 0. The van der Waals surface area contributed by atoms with E-state index in [0.29, 0.717) is 6.07 Å². The zero-order valence-electron chi connectivity index (χ0n) is 8.34. The number of amides is 1. The molecule has 0 heterocycles. The molecule has 0 spiro atoms. The minimum Gasteiger partial charge on any atom is -0.480 e. The Hall–Kier alpha value is -2.51. The third kappa shape index (κ3) is 3.23. The van der Waals surface area contributed by atoms with Crippen LogP contribution in [0.4, 0.5) is 10.1 Å². The molecule has 1 aromatic rings. The van der Waals surface area contributed by atoms with Gasteiger partial charge in [-0.25, -0.2) is 4.39 Å². The van der Waals surface area contributed by atoms with Crippen LogP contribution in [0.1, 0.15) is 10.4 Å². The summed E-state index contributed by atoms with van der Waals surface area (Å²) in [5.74, 6) is -3.15. The molecule has 0 bridgehead atoms. The molecule has 0 radical (unpaired) electrons. The van der Waals surface area contributed by atoms with E-state index in [-0.39, 0.29) is 0 Å². The van der Waals surface area contributed by atoms with Crippen LogP contribution in [-0.2, 0) is 4.79 Å². The number of nitrogens with zero attached hydrogens (tertiary/aromatic N) is 1. The number of benzene rings is 1. The molecular weight excluding hydrogens is 235 g/mol. The number of hydrogen-bond donors (Lipinski definition) is 2. The standard InChI is InChI=1S/C9H7FN2O5/c10-5-1-2-7(12(16)17)6(3-5)9(15)11-4-8(13)14/h1-3H,4H2,(H,11,15)(H,13,14). The second-order valence-corrected chi connectivity index (χ2v) is 2.99. The quantitative estimate of drug-likeness (QED) is 0.591. The molecule has 1 amide bonds. The highest BCUT2D eigenvalue weighted by molar-refractivity contribution is 5.99. The van der Waals surface area contributed by atoms with Crippen molar-refractivity contribution < 1.29 is 24.0 Å². The summed E-state index contributed by atoms with van der Waals surface area (Å²) in [5.41, 5.74) is -1.11. The first-order valence-electron chi connectivity index (χ1n) is 4.35. The first-order valence-corrected chi connectivity index (χ1v) is 4.35. The number of nitro groups is 1. The lowest BCUT2D eigenvalue weighted by Crippen LogP contribution is -2.29. The Bertz CT molecular complexity index is 488. The van der Waals surface area contributed by atoms with Crippen LogP contribution in [0, 0.1) is 15.9 Å². The van der Waals surface area contributed by atoms with Gasteiger partial charge in [0.15, 0.2) is 0 Å².